The van der Waals surface area contributed by atoms with Crippen LogP contribution in [-0.2, 0) is 11.3 Å². The fraction of sp³-hybridized carbons (Fsp3) is 0.200. The van der Waals surface area contributed by atoms with Crippen molar-refractivity contribution >= 4 is 39.4 Å². The molecule has 240 valence electrons. The van der Waals surface area contributed by atoms with Gasteiger partial charge in [0.25, 0.3) is 5.91 Å². The number of nitrogens with one attached hydrogen (secondary N) is 3. The molecule has 4 heterocycles. The van der Waals surface area contributed by atoms with Gasteiger partial charge in [0.1, 0.15) is 5.69 Å². The van der Waals surface area contributed by atoms with Gasteiger partial charge in [-0.1, -0.05) is 48.5 Å². The van der Waals surface area contributed by atoms with E-state index in [1.54, 1.807) is 12.3 Å². The second-order valence-corrected chi connectivity index (χ2v) is 11.4. The standard InChI is InChI=1S/C33H30N6O.C2HF3O2/c40-33(30-13-4-10-25(36-30)21-39-16-6-9-23(20-39)22-7-2-1-3-8-22)37-31-17-24(18-32-28(31)19-35-38-32)26-11-5-12-29-27(26)14-15-34-29;3-2(4,5)1(6)7/h1-5,7-8,10-15,17-19,23,34H,6,9,16,20-21H2,(H,35,38)(H,37,40);(H,6,7). The highest BCUT2D eigenvalue weighted by atomic mass is 19.4. The van der Waals surface area contributed by atoms with Crippen LogP contribution in [-0.4, -0.2) is 61.3 Å². The predicted molar refractivity (Wildman–Crippen MR) is 173 cm³/mol. The second kappa shape index (κ2) is 13.5. The number of H-pyrrole nitrogens is 2. The molecular formula is C35H31F3N6O3. The number of carbonyl (C=O) groups excluding carboxylic acids is 1. The van der Waals surface area contributed by atoms with Gasteiger partial charge in [0.15, 0.2) is 0 Å². The zero-order valence-electron chi connectivity index (χ0n) is 25.1. The summed E-state index contributed by atoms with van der Waals surface area (Å²) in [5, 5.41) is 19.5. The Balaban J connectivity index is 0.000000499. The van der Waals surface area contributed by atoms with E-state index >= 15 is 0 Å². The first-order valence-corrected chi connectivity index (χ1v) is 15.0. The topological polar surface area (TPSA) is 127 Å². The normalized spacial score (nSPS) is 15.3. The molecule has 1 amide bonds. The maximum absolute atomic E-state index is 13.5. The predicted octanol–water partition coefficient (Wildman–Crippen LogP) is 7.37. The number of aromatic nitrogens is 4. The number of anilines is 1. The van der Waals surface area contributed by atoms with Gasteiger partial charge in [0.05, 0.1) is 23.1 Å². The van der Waals surface area contributed by atoms with Gasteiger partial charge in [-0.05, 0) is 78.4 Å². The van der Waals surface area contributed by atoms with Crippen LogP contribution >= 0.6 is 0 Å². The number of carbonyl (C=O) groups is 2. The number of alkyl halides is 3. The van der Waals surface area contributed by atoms with Crippen molar-refractivity contribution in [1.29, 1.82) is 0 Å². The average Bonchev–Trinajstić information content (AvgIpc) is 3.75. The van der Waals surface area contributed by atoms with Crippen LogP contribution < -0.4 is 5.32 Å². The number of pyridine rings is 1. The summed E-state index contributed by atoms with van der Waals surface area (Å²) in [5.74, 6) is -2.46. The summed E-state index contributed by atoms with van der Waals surface area (Å²) in [7, 11) is 0. The van der Waals surface area contributed by atoms with E-state index in [9.17, 15) is 18.0 Å². The summed E-state index contributed by atoms with van der Waals surface area (Å²) in [6.07, 6.45) is 0.967. The monoisotopic (exact) mass is 640 g/mol. The number of halogens is 3. The van der Waals surface area contributed by atoms with Crippen LogP contribution in [0.1, 0.15) is 40.5 Å². The number of likely N-dealkylation sites (tertiary alicyclic amines) is 1. The molecule has 1 aliphatic rings. The Morgan fingerprint density at radius 2 is 1.74 bits per heavy atom. The summed E-state index contributed by atoms with van der Waals surface area (Å²) >= 11 is 0. The number of carboxylic acids is 1. The van der Waals surface area contributed by atoms with Crippen molar-refractivity contribution in [3.8, 4) is 11.1 Å². The van der Waals surface area contributed by atoms with E-state index in [-0.39, 0.29) is 5.91 Å². The lowest BCUT2D eigenvalue weighted by Crippen LogP contribution is -2.34. The quantitative estimate of drug-likeness (QED) is 0.151. The van der Waals surface area contributed by atoms with Crippen LogP contribution in [0.4, 0.5) is 18.9 Å². The smallest absolute Gasteiger partial charge is 0.475 e. The molecule has 1 saturated heterocycles. The van der Waals surface area contributed by atoms with Gasteiger partial charge in [-0.3, -0.25) is 14.8 Å². The zero-order valence-corrected chi connectivity index (χ0v) is 25.1. The highest BCUT2D eigenvalue weighted by molar-refractivity contribution is 6.09. The van der Waals surface area contributed by atoms with Crippen molar-refractivity contribution in [1.82, 2.24) is 25.1 Å². The molecule has 47 heavy (non-hydrogen) atoms. The molecule has 1 atom stereocenters. The largest absolute Gasteiger partial charge is 0.490 e. The highest BCUT2D eigenvalue weighted by Gasteiger charge is 2.38. The summed E-state index contributed by atoms with van der Waals surface area (Å²) < 4.78 is 31.7. The molecule has 4 N–H and O–H groups in total. The molecule has 3 aromatic carbocycles. The number of nitrogens with zero attached hydrogens (tertiary/aromatic N) is 3. The molecule has 0 saturated carbocycles. The first-order valence-electron chi connectivity index (χ1n) is 15.0. The van der Waals surface area contributed by atoms with Gasteiger partial charge in [-0.2, -0.15) is 18.3 Å². The highest BCUT2D eigenvalue weighted by Crippen LogP contribution is 2.34. The maximum atomic E-state index is 13.5. The number of piperidine rings is 1. The minimum atomic E-state index is -5.08. The molecule has 3 aromatic heterocycles. The number of carboxylic acid groups (broad SMARTS) is 1. The van der Waals surface area contributed by atoms with Crippen LogP contribution in [0, 0.1) is 0 Å². The molecule has 7 rings (SSSR count). The van der Waals surface area contributed by atoms with Crippen LogP contribution in [0.25, 0.3) is 32.9 Å². The van der Waals surface area contributed by atoms with Crippen molar-refractivity contribution < 1.29 is 27.9 Å². The Bertz CT molecular complexity index is 2020. The number of amides is 1. The third-order valence-electron chi connectivity index (χ3n) is 8.16. The summed E-state index contributed by atoms with van der Waals surface area (Å²) in [6.45, 7) is 2.77. The Labute approximate surface area is 267 Å². The molecule has 0 bridgehead atoms. The summed E-state index contributed by atoms with van der Waals surface area (Å²) in [5.41, 5.74) is 7.42. The fourth-order valence-electron chi connectivity index (χ4n) is 5.95. The molecule has 0 spiro atoms. The average molecular weight is 641 g/mol. The first-order chi connectivity index (χ1) is 22.7. The van der Waals surface area contributed by atoms with Crippen molar-refractivity contribution in [3.63, 3.8) is 0 Å². The Kier molecular flexibility index (Phi) is 9.03. The zero-order chi connectivity index (χ0) is 33.0. The van der Waals surface area contributed by atoms with Crippen LogP contribution in [0.15, 0.2) is 97.3 Å². The Morgan fingerprint density at radius 1 is 0.957 bits per heavy atom. The van der Waals surface area contributed by atoms with E-state index in [0.717, 1.165) is 64.7 Å². The van der Waals surface area contributed by atoms with Crippen molar-refractivity contribution in [2.75, 3.05) is 18.4 Å². The second-order valence-electron chi connectivity index (χ2n) is 11.4. The van der Waals surface area contributed by atoms with E-state index < -0.39 is 12.1 Å². The van der Waals surface area contributed by atoms with Gasteiger partial charge in [0, 0.05) is 35.6 Å². The number of aromatic amines is 2. The van der Waals surface area contributed by atoms with Crippen molar-refractivity contribution in [2.24, 2.45) is 0 Å². The van der Waals surface area contributed by atoms with Crippen LogP contribution in [0.2, 0.25) is 0 Å². The molecule has 1 aliphatic heterocycles. The molecule has 1 unspecified atom stereocenters. The fourth-order valence-corrected chi connectivity index (χ4v) is 5.95. The minimum absolute atomic E-state index is 0.234. The van der Waals surface area contributed by atoms with E-state index in [1.807, 2.05) is 30.5 Å². The summed E-state index contributed by atoms with van der Waals surface area (Å²) in [4.78, 5) is 32.8. The molecule has 0 aliphatic carbocycles. The van der Waals surface area contributed by atoms with Gasteiger partial charge >= 0.3 is 12.1 Å². The lowest BCUT2D eigenvalue weighted by atomic mass is 9.90. The number of hydrogen-bond donors (Lipinski definition) is 4. The van der Waals surface area contributed by atoms with Gasteiger partial charge < -0.3 is 15.4 Å². The molecular weight excluding hydrogens is 609 g/mol. The molecule has 1 fully saturated rings. The third-order valence-corrected chi connectivity index (χ3v) is 8.16. The van der Waals surface area contributed by atoms with Gasteiger partial charge in [0.2, 0.25) is 0 Å². The molecule has 12 heteroatoms. The Hall–Kier alpha value is -5.49. The Morgan fingerprint density at radius 3 is 2.53 bits per heavy atom. The minimum Gasteiger partial charge on any atom is -0.475 e. The number of aliphatic carboxylic acids is 1. The number of rotatable bonds is 6. The number of benzene rings is 3. The third kappa shape index (κ3) is 7.33. The van der Waals surface area contributed by atoms with E-state index in [1.165, 1.54) is 12.0 Å². The van der Waals surface area contributed by atoms with E-state index in [4.69, 9.17) is 14.9 Å². The van der Waals surface area contributed by atoms with Gasteiger partial charge in [-0.25, -0.2) is 9.78 Å². The molecule has 6 aromatic rings. The lowest BCUT2D eigenvalue weighted by Gasteiger charge is -2.32. The number of hydrogen-bond acceptors (Lipinski definition) is 5. The SMILES string of the molecule is O=C(Nc1cc(-c2cccc3[nH]ccc23)cc2[nH]ncc12)c1cccc(CN2CCCC(c3ccccc3)C2)n1.O=C(O)C(F)(F)F. The van der Waals surface area contributed by atoms with Gasteiger partial charge in [-0.15, -0.1) is 0 Å². The van der Waals surface area contributed by atoms with E-state index in [2.05, 4.69) is 80.0 Å². The van der Waals surface area contributed by atoms with Crippen molar-refractivity contribution in [2.45, 2.75) is 31.5 Å². The number of fused-ring (bicyclic) bond motifs is 2. The maximum Gasteiger partial charge on any atom is 0.490 e. The van der Waals surface area contributed by atoms with Crippen LogP contribution in [0.5, 0.6) is 0 Å². The van der Waals surface area contributed by atoms with E-state index in [0.29, 0.717) is 17.3 Å². The molecule has 9 nitrogen and oxygen atoms in total. The molecule has 0 radical (unpaired) electrons. The lowest BCUT2D eigenvalue weighted by molar-refractivity contribution is -0.192. The van der Waals surface area contributed by atoms with Crippen LogP contribution in [0.3, 0.4) is 0 Å². The summed E-state index contributed by atoms with van der Waals surface area (Å²) in [6, 6.07) is 28.8. The van der Waals surface area contributed by atoms with Crippen molar-refractivity contribution in [3.05, 3.63) is 114 Å². The first kappa shape index (κ1) is 31.5.